The first-order chi connectivity index (χ1) is 8.62. The third kappa shape index (κ3) is 4.00. The molecule has 3 heteroatoms. The Kier molecular flexibility index (Phi) is 6.16. The van der Waals surface area contributed by atoms with E-state index in [-0.39, 0.29) is 0 Å². The van der Waals surface area contributed by atoms with E-state index in [1.165, 1.54) is 11.3 Å². The summed E-state index contributed by atoms with van der Waals surface area (Å²) in [6, 6.07) is 8.69. The summed E-state index contributed by atoms with van der Waals surface area (Å²) in [5.74, 6) is 0.421. The molecular weight excluding hydrogens is 222 g/mol. The summed E-state index contributed by atoms with van der Waals surface area (Å²) in [6.07, 6.45) is 0. The molecule has 0 aromatic heterocycles. The summed E-state index contributed by atoms with van der Waals surface area (Å²) < 4.78 is 0. The summed E-state index contributed by atoms with van der Waals surface area (Å²) in [7, 11) is 4.14. The molecule has 0 aliphatic carbocycles. The number of hydrogen-bond acceptors (Lipinski definition) is 3. The van der Waals surface area contributed by atoms with Gasteiger partial charge < -0.3 is 15.5 Å². The predicted octanol–water partition coefficient (Wildman–Crippen LogP) is 2.14. The van der Waals surface area contributed by atoms with Crippen LogP contribution in [0.5, 0.6) is 0 Å². The molecule has 1 aromatic carbocycles. The summed E-state index contributed by atoms with van der Waals surface area (Å²) in [5, 5.41) is 0. The zero-order chi connectivity index (χ0) is 13.5. The van der Waals surface area contributed by atoms with Crippen LogP contribution in [0.4, 0.5) is 5.69 Å². The van der Waals surface area contributed by atoms with Gasteiger partial charge in [-0.1, -0.05) is 26.0 Å². The number of nitrogens with zero attached hydrogens (tertiary/aromatic N) is 2. The molecule has 2 N–H and O–H groups in total. The van der Waals surface area contributed by atoms with Gasteiger partial charge in [0.25, 0.3) is 0 Å². The first kappa shape index (κ1) is 15.0. The largest absolute Gasteiger partial charge is 0.378 e. The molecule has 0 fully saturated rings. The van der Waals surface area contributed by atoms with Gasteiger partial charge in [0.2, 0.25) is 0 Å². The molecule has 102 valence electrons. The highest BCUT2D eigenvalue weighted by Crippen LogP contribution is 2.21. The lowest BCUT2D eigenvalue weighted by Gasteiger charge is -2.25. The average molecular weight is 249 g/mol. The molecule has 0 bridgehead atoms. The maximum absolute atomic E-state index is 5.95. The van der Waals surface area contributed by atoms with E-state index >= 15 is 0 Å². The fourth-order valence-electron chi connectivity index (χ4n) is 2.17. The molecule has 1 unspecified atom stereocenters. The molecule has 18 heavy (non-hydrogen) atoms. The van der Waals surface area contributed by atoms with E-state index in [4.69, 9.17) is 5.73 Å². The van der Waals surface area contributed by atoms with Gasteiger partial charge in [-0.25, -0.2) is 0 Å². The molecule has 1 atom stereocenters. The first-order valence-electron chi connectivity index (χ1n) is 6.82. The van der Waals surface area contributed by atoms with Crippen LogP contribution in [0.15, 0.2) is 24.3 Å². The lowest BCUT2D eigenvalue weighted by Crippen LogP contribution is -2.31. The van der Waals surface area contributed by atoms with Crippen molar-refractivity contribution in [1.82, 2.24) is 4.90 Å². The zero-order valence-corrected chi connectivity index (χ0v) is 12.2. The van der Waals surface area contributed by atoms with E-state index < -0.39 is 0 Å². The monoisotopic (exact) mass is 249 g/mol. The summed E-state index contributed by atoms with van der Waals surface area (Å²) in [5.41, 5.74) is 8.53. The van der Waals surface area contributed by atoms with Crippen LogP contribution in [0.2, 0.25) is 0 Å². The minimum absolute atomic E-state index is 0.421. The minimum Gasteiger partial charge on any atom is -0.378 e. The molecule has 0 spiro atoms. The van der Waals surface area contributed by atoms with Crippen molar-refractivity contribution in [2.75, 3.05) is 45.2 Å². The van der Waals surface area contributed by atoms with Crippen LogP contribution in [0.3, 0.4) is 0 Å². The SMILES string of the molecule is CCN(CC)CC(CN)c1cccc(N(C)C)c1. The van der Waals surface area contributed by atoms with Crippen molar-refractivity contribution < 1.29 is 0 Å². The fraction of sp³-hybridized carbons (Fsp3) is 0.600. The van der Waals surface area contributed by atoms with E-state index in [9.17, 15) is 0 Å². The Morgan fingerprint density at radius 1 is 1.17 bits per heavy atom. The first-order valence-corrected chi connectivity index (χ1v) is 6.82. The Bertz CT molecular complexity index is 345. The molecule has 0 saturated carbocycles. The standard InChI is InChI=1S/C15H27N3/c1-5-18(6-2)12-14(11-16)13-8-7-9-15(10-13)17(3)4/h7-10,14H,5-6,11-12,16H2,1-4H3. The number of anilines is 1. The minimum atomic E-state index is 0.421. The normalized spacial score (nSPS) is 12.8. The Morgan fingerprint density at radius 2 is 1.83 bits per heavy atom. The van der Waals surface area contributed by atoms with Crippen LogP contribution in [0, 0.1) is 0 Å². The van der Waals surface area contributed by atoms with Gasteiger partial charge in [-0.3, -0.25) is 0 Å². The van der Waals surface area contributed by atoms with Gasteiger partial charge in [-0.15, -0.1) is 0 Å². The second-order valence-corrected chi connectivity index (χ2v) is 4.91. The lowest BCUT2D eigenvalue weighted by molar-refractivity contribution is 0.284. The molecule has 3 nitrogen and oxygen atoms in total. The van der Waals surface area contributed by atoms with Crippen LogP contribution in [0.1, 0.15) is 25.3 Å². The van der Waals surface area contributed by atoms with E-state index in [1.807, 2.05) is 0 Å². The molecule has 0 aliphatic heterocycles. The van der Waals surface area contributed by atoms with E-state index in [2.05, 4.69) is 62.0 Å². The summed E-state index contributed by atoms with van der Waals surface area (Å²) in [4.78, 5) is 4.56. The molecule has 1 aromatic rings. The van der Waals surface area contributed by atoms with Crippen LogP contribution in [-0.2, 0) is 0 Å². The molecule has 0 aliphatic rings. The highest BCUT2D eigenvalue weighted by Gasteiger charge is 2.13. The zero-order valence-electron chi connectivity index (χ0n) is 12.2. The van der Waals surface area contributed by atoms with Gasteiger partial charge >= 0.3 is 0 Å². The van der Waals surface area contributed by atoms with Gasteiger partial charge in [0, 0.05) is 38.8 Å². The van der Waals surface area contributed by atoms with Gasteiger partial charge in [-0.05, 0) is 30.8 Å². The second kappa shape index (κ2) is 7.39. The van der Waals surface area contributed by atoms with Gasteiger partial charge in [0.05, 0.1) is 0 Å². The van der Waals surface area contributed by atoms with Crippen molar-refractivity contribution in [2.45, 2.75) is 19.8 Å². The van der Waals surface area contributed by atoms with Crippen molar-refractivity contribution in [3.63, 3.8) is 0 Å². The second-order valence-electron chi connectivity index (χ2n) is 4.91. The molecule has 0 saturated heterocycles. The summed E-state index contributed by atoms with van der Waals surface area (Å²) in [6.45, 7) is 8.31. The summed E-state index contributed by atoms with van der Waals surface area (Å²) >= 11 is 0. The van der Waals surface area contributed by atoms with Crippen molar-refractivity contribution >= 4 is 5.69 Å². The maximum Gasteiger partial charge on any atom is 0.0363 e. The van der Waals surface area contributed by atoms with Crippen LogP contribution in [0.25, 0.3) is 0 Å². The molecule has 0 radical (unpaired) electrons. The maximum atomic E-state index is 5.95. The van der Waals surface area contributed by atoms with Gasteiger partial charge in [0.15, 0.2) is 0 Å². The molecular formula is C15H27N3. The predicted molar refractivity (Wildman–Crippen MR) is 80.4 cm³/mol. The molecule has 0 heterocycles. The van der Waals surface area contributed by atoms with Crippen molar-refractivity contribution in [1.29, 1.82) is 0 Å². The quantitative estimate of drug-likeness (QED) is 0.803. The smallest absolute Gasteiger partial charge is 0.0363 e. The number of rotatable bonds is 7. The third-order valence-corrected chi connectivity index (χ3v) is 3.52. The topological polar surface area (TPSA) is 32.5 Å². The third-order valence-electron chi connectivity index (χ3n) is 3.52. The van der Waals surface area contributed by atoms with Crippen LogP contribution >= 0.6 is 0 Å². The number of nitrogens with two attached hydrogens (primary N) is 1. The Morgan fingerprint density at radius 3 is 2.33 bits per heavy atom. The Balaban J connectivity index is 2.84. The van der Waals surface area contributed by atoms with Crippen LogP contribution in [-0.4, -0.2) is 45.2 Å². The van der Waals surface area contributed by atoms with E-state index in [0.29, 0.717) is 12.5 Å². The number of likely N-dealkylation sites (N-methyl/N-ethyl adjacent to an activating group) is 1. The average Bonchev–Trinajstić information content (AvgIpc) is 2.40. The fourth-order valence-corrected chi connectivity index (χ4v) is 2.17. The Labute approximate surface area is 112 Å². The van der Waals surface area contributed by atoms with Gasteiger partial charge in [0.1, 0.15) is 0 Å². The number of hydrogen-bond donors (Lipinski definition) is 1. The number of benzene rings is 1. The molecule has 1 rings (SSSR count). The van der Waals surface area contributed by atoms with Crippen LogP contribution < -0.4 is 10.6 Å². The van der Waals surface area contributed by atoms with Crippen molar-refractivity contribution in [2.24, 2.45) is 5.73 Å². The van der Waals surface area contributed by atoms with E-state index in [1.54, 1.807) is 0 Å². The van der Waals surface area contributed by atoms with Gasteiger partial charge in [-0.2, -0.15) is 0 Å². The highest BCUT2D eigenvalue weighted by molar-refractivity contribution is 5.48. The van der Waals surface area contributed by atoms with Crippen molar-refractivity contribution in [3.05, 3.63) is 29.8 Å². The molecule has 0 amide bonds. The highest BCUT2D eigenvalue weighted by atomic mass is 15.1. The van der Waals surface area contributed by atoms with Crippen molar-refractivity contribution in [3.8, 4) is 0 Å². The Hall–Kier alpha value is -1.06. The lowest BCUT2D eigenvalue weighted by atomic mass is 9.98. The van der Waals surface area contributed by atoms with E-state index in [0.717, 1.165) is 19.6 Å².